The summed E-state index contributed by atoms with van der Waals surface area (Å²) in [6.45, 7) is 1.90. The van der Waals surface area contributed by atoms with Crippen LogP contribution in [0.2, 0.25) is 4.34 Å². The van der Waals surface area contributed by atoms with Crippen LogP contribution in [0.1, 0.15) is 42.2 Å². The molecule has 0 radical (unpaired) electrons. The van der Waals surface area contributed by atoms with Crippen molar-refractivity contribution in [2.75, 3.05) is 0 Å². The Balaban J connectivity index is 2.35. The fourth-order valence-corrected chi connectivity index (χ4v) is 2.64. The molecule has 0 aromatic carbocycles. The Labute approximate surface area is 104 Å². The molecule has 1 unspecified atom stereocenters. The molecule has 3 nitrogen and oxygen atoms in total. The molecule has 16 heavy (non-hydrogen) atoms. The van der Waals surface area contributed by atoms with Crippen LogP contribution in [0, 0.1) is 6.92 Å². The van der Waals surface area contributed by atoms with Gasteiger partial charge in [0.15, 0.2) is 0 Å². The second kappa shape index (κ2) is 6.23. The molecule has 0 aliphatic carbocycles. The minimum Gasteiger partial charge on any atom is -0.481 e. The first-order valence-electron chi connectivity index (χ1n) is 5.16. The lowest BCUT2D eigenvalue weighted by atomic mass is 10.1. The largest absolute Gasteiger partial charge is 0.481 e. The number of carboxylic acids is 1. The minimum absolute atomic E-state index is 0.164. The van der Waals surface area contributed by atoms with Gasteiger partial charge in [-0.15, -0.1) is 11.3 Å². The third-order valence-corrected chi connectivity index (χ3v) is 3.98. The van der Waals surface area contributed by atoms with Gasteiger partial charge >= 0.3 is 5.97 Å². The van der Waals surface area contributed by atoms with E-state index < -0.39 is 12.1 Å². The van der Waals surface area contributed by atoms with E-state index in [0.29, 0.717) is 23.6 Å². The quantitative estimate of drug-likeness (QED) is 0.773. The van der Waals surface area contributed by atoms with E-state index in [1.807, 2.05) is 13.0 Å². The van der Waals surface area contributed by atoms with Crippen LogP contribution in [0.4, 0.5) is 0 Å². The molecule has 0 saturated heterocycles. The molecular weight excluding hydrogens is 248 g/mol. The first-order chi connectivity index (χ1) is 7.50. The van der Waals surface area contributed by atoms with Gasteiger partial charge in [0.05, 0.1) is 10.4 Å². The Morgan fingerprint density at radius 3 is 2.75 bits per heavy atom. The summed E-state index contributed by atoms with van der Waals surface area (Å²) in [6.07, 6.45) is 1.54. The smallest absolute Gasteiger partial charge is 0.303 e. The average molecular weight is 263 g/mol. The number of rotatable bonds is 6. The van der Waals surface area contributed by atoms with E-state index in [-0.39, 0.29) is 6.42 Å². The van der Waals surface area contributed by atoms with Gasteiger partial charge in [-0.1, -0.05) is 11.6 Å². The molecule has 1 aromatic rings. The van der Waals surface area contributed by atoms with Crippen LogP contribution >= 0.6 is 22.9 Å². The molecule has 1 rings (SSSR count). The molecular formula is C11H15ClO3S. The fraction of sp³-hybridized carbons (Fsp3) is 0.545. The highest BCUT2D eigenvalue weighted by Crippen LogP contribution is 2.32. The van der Waals surface area contributed by atoms with E-state index in [1.165, 1.54) is 11.3 Å². The molecule has 1 heterocycles. The fourth-order valence-electron chi connectivity index (χ4n) is 1.40. The van der Waals surface area contributed by atoms with Crippen LogP contribution in [0.25, 0.3) is 0 Å². The third-order valence-electron chi connectivity index (χ3n) is 2.32. The van der Waals surface area contributed by atoms with Gasteiger partial charge in [-0.2, -0.15) is 0 Å². The molecule has 1 aromatic heterocycles. The highest BCUT2D eigenvalue weighted by atomic mass is 35.5. The lowest BCUT2D eigenvalue weighted by Crippen LogP contribution is -1.97. The first-order valence-corrected chi connectivity index (χ1v) is 6.36. The topological polar surface area (TPSA) is 57.5 Å². The van der Waals surface area contributed by atoms with E-state index in [0.717, 1.165) is 10.4 Å². The van der Waals surface area contributed by atoms with Crippen LogP contribution in [-0.2, 0) is 4.79 Å². The van der Waals surface area contributed by atoms with Crippen molar-refractivity contribution in [2.45, 2.75) is 38.7 Å². The number of aryl methyl sites for hydroxylation is 1. The highest BCUT2D eigenvalue weighted by Gasteiger charge is 2.12. The van der Waals surface area contributed by atoms with Gasteiger partial charge < -0.3 is 10.2 Å². The van der Waals surface area contributed by atoms with Gasteiger partial charge in [-0.05, 0) is 37.8 Å². The number of carbonyl (C=O) groups is 1. The number of halogens is 1. The molecule has 0 amide bonds. The summed E-state index contributed by atoms with van der Waals surface area (Å²) >= 11 is 7.29. The predicted octanol–water partition coefficient (Wildman–Crippen LogP) is 3.39. The van der Waals surface area contributed by atoms with Crippen molar-refractivity contribution in [3.05, 3.63) is 20.8 Å². The van der Waals surface area contributed by atoms with Crippen molar-refractivity contribution in [3.63, 3.8) is 0 Å². The number of carboxylic acid groups (broad SMARTS) is 1. The van der Waals surface area contributed by atoms with Crippen molar-refractivity contribution in [1.82, 2.24) is 0 Å². The summed E-state index contributed by atoms with van der Waals surface area (Å²) in [5, 5.41) is 18.3. The average Bonchev–Trinajstić information content (AvgIpc) is 2.54. The SMILES string of the molecule is Cc1cc(C(O)CCCCC(=O)O)sc1Cl. The normalized spacial score (nSPS) is 12.7. The molecule has 0 spiro atoms. The second-order valence-corrected chi connectivity index (χ2v) is 5.45. The van der Waals surface area contributed by atoms with E-state index in [9.17, 15) is 9.90 Å². The zero-order chi connectivity index (χ0) is 12.1. The summed E-state index contributed by atoms with van der Waals surface area (Å²) in [5.41, 5.74) is 0.978. The Kier molecular flexibility index (Phi) is 5.25. The molecule has 0 bridgehead atoms. The standard InChI is InChI=1S/C11H15ClO3S/c1-7-6-9(16-11(7)12)8(13)4-2-3-5-10(14)15/h6,8,13H,2-5H2,1H3,(H,14,15). The van der Waals surface area contributed by atoms with Crippen LogP contribution < -0.4 is 0 Å². The Bertz CT molecular complexity index is 343. The van der Waals surface area contributed by atoms with Crippen LogP contribution in [0.3, 0.4) is 0 Å². The van der Waals surface area contributed by atoms with Gasteiger partial charge in [0, 0.05) is 11.3 Å². The minimum atomic E-state index is -0.787. The second-order valence-electron chi connectivity index (χ2n) is 3.76. The van der Waals surface area contributed by atoms with E-state index in [2.05, 4.69) is 0 Å². The zero-order valence-corrected chi connectivity index (χ0v) is 10.6. The number of hydrogen-bond donors (Lipinski definition) is 2. The van der Waals surface area contributed by atoms with Crippen molar-refractivity contribution >= 4 is 28.9 Å². The first kappa shape index (κ1) is 13.5. The summed E-state index contributed by atoms with van der Waals surface area (Å²) in [4.78, 5) is 11.1. The number of unbranched alkanes of at least 4 members (excludes halogenated alkanes) is 1. The third kappa shape index (κ3) is 4.12. The van der Waals surface area contributed by atoms with Crippen molar-refractivity contribution in [3.8, 4) is 0 Å². The number of aliphatic hydroxyl groups excluding tert-OH is 1. The lowest BCUT2D eigenvalue weighted by molar-refractivity contribution is -0.137. The molecule has 2 N–H and O–H groups in total. The van der Waals surface area contributed by atoms with E-state index in [1.54, 1.807) is 0 Å². The van der Waals surface area contributed by atoms with Gasteiger partial charge in [-0.3, -0.25) is 4.79 Å². The summed E-state index contributed by atoms with van der Waals surface area (Å²) in [5.74, 6) is -0.787. The predicted molar refractivity (Wildman–Crippen MR) is 65.1 cm³/mol. The maximum atomic E-state index is 10.3. The Morgan fingerprint density at radius 2 is 2.25 bits per heavy atom. The maximum absolute atomic E-state index is 10.3. The molecule has 0 aliphatic heterocycles. The van der Waals surface area contributed by atoms with Gasteiger partial charge in [0.2, 0.25) is 0 Å². The van der Waals surface area contributed by atoms with Gasteiger partial charge in [0.25, 0.3) is 0 Å². The van der Waals surface area contributed by atoms with Crippen LogP contribution in [0.5, 0.6) is 0 Å². The number of aliphatic carboxylic acids is 1. The number of aliphatic hydroxyl groups is 1. The van der Waals surface area contributed by atoms with E-state index in [4.69, 9.17) is 16.7 Å². The summed E-state index contributed by atoms with van der Waals surface area (Å²) in [7, 11) is 0. The monoisotopic (exact) mass is 262 g/mol. The number of hydrogen-bond acceptors (Lipinski definition) is 3. The lowest BCUT2D eigenvalue weighted by Gasteiger charge is -2.06. The summed E-state index contributed by atoms with van der Waals surface area (Å²) in [6, 6.07) is 1.88. The van der Waals surface area contributed by atoms with Gasteiger partial charge in [-0.25, -0.2) is 0 Å². The van der Waals surface area contributed by atoms with Crippen molar-refractivity contribution in [2.24, 2.45) is 0 Å². The number of thiophene rings is 1. The summed E-state index contributed by atoms with van der Waals surface area (Å²) < 4.78 is 0.708. The maximum Gasteiger partial charge on any atom is 0.303 e. The van der Waals surface area contributed by atoms with Crippen LogP contribution in [0.15, 0.2) is 6.07 Å². The molecule has 1 atom stereocenters. The molecule has 5 heteroatoms. The zero-order valence-electron chi connectivity index (χ0n) is 9.07. The van der Waals surface area contributed by atoms with Crippen molar-refractivity contribution < 1.29 is 15.0 Å². The Hall–Kier alpha value is -0.580. The van der Waals surface area contributed by atoms with E-state index >= 15 is 0 Å². The highest BCUT2D eigenvalue weighted by molar-refractivity contribution is 7.16. The molecule has 0 aliphatic rings. The molecule has 90 valence electrons. The van der Waals surface area contributed by atoms with Gasteiger partial charge in [0.1, 0.15) is 0 Å². The molecule has 0 fully saturated rings. The molecule has 0 saturated carbocycles. The van der Waals surface area contributed by atoms with Crippen LogP contribution in [-0.4, -0.2) is 16.2 Å². The Morgan fingerprint density at radius 1 is 1.56 bits per heavy atom. The van der Waals surface area contributed by atoms with Crippen molar-refractivity contribution in [1.29, 1.82) is 0 Å².